The Balaban J connectivity index is 4.27. The average Bonchev–Trinajstić information content (AvgIpc) is 3.02. The third kappa shape index (κ3) is 30.8. The Labute approximate surface area is 278 Å². The first kappa shape index (κ1) is 43.4. The fourth-order valence-electron chi connectivity index (χ4n) is 5.98. The number of hydrogen-bond donors (Lipinski definition) is 3. The zero-order chi connectivity index (χ0) is 33.2. The third-order valence-corrected chi connectivity index (χ3v) is 8.92. The molecule has 266 valence electrons. The predicted molar refractivity (Wildman–Crippen MR) is 188 cm³/mol. The van der Waals surface area contributed by atoms with Crippen LogP contribution in [-0.4, -0.2) is 41.6 Å². The summed E-state index contributed by atoms with van der Waals surface area (Å²) in [6.45, 7) is 4.93. The van der Waals surface area contributed by atoms with E-state index in [4.69, 9.17) is 10.5 Å². The van der Waals surface area contributed by atoms with Crippen LogP contribution in [0.5, 0.6) is 0 Å². The van der Waals surface area contributed by atoms with Gasteiger partial charge >= 0.3 is 11.9 Å². The van der Waals surface area contributed by atoms with E-state index >= 15 is 0 Å². The molecule has 7 heteroatoms. The van der Waals surface area contributed by atoms with Crippen LogP contribution in [0, 0.1) is 0 Å². The molecule has 0 aliphatic carbocycles. The summed E-state index contributed by atoms with van der Waals surface area (Å²) in [6.07, 6.45) is 32.8. The molecule has 7 nitrogen and oxygen atoms in total. The molecular formula is C38H74N2O5. The second-order valence-electron chi connectivity index (χ2n) is 13.4. The third-order valence-electron chi connectivity index (χ3n) is 8.92. The van der Waals surface area contributed by atoms with E-state index in [2.05, 4.69) is 19.2 Å². The highest BCUT2D eigenvalue weighted by Crippen LogP contribution is 2.19. The quantitative estimate of drug-likeness (QED) is 0.0469. The molecule has 0 saturated heterocycles. The van der Waals surface area contributed by atoms with Crippen LogP contribution in [0.1, 0.15) is 206 Å². The van der Waals surface area contributed by atoms with Crippen LogP contribution in [0.15, 0.2) is 0 Å². The minimum atomic E-state index is -1.00. The molecular weight excluding hydrogens is 564 g/mol. The maximum absolute atomic E-state index is 12.7. The molecule has 2 atom stereocenters. The minimum absolute atomic E-state index is 0.0207. The maximum Gasteiger partial charge on any atom is 0.326 e. The fraction of sp³-hybridized carbons (Fsp3) is 0.921. The van der Waals surface area contributed by atoms with Crippen molar-refractivity contribution in [3.8, 4) is 0 Å². The smallest absolute Gasteiger partial charge is 0.326 e. The number of amides is 1. The van der Waals surface area contributed by atoms with Gasteiger partial charge in [0.15, 0.2) is 0 Å². The number of nitrogens with one attached hydrogen (secondary N) is 1. The van der Waals surface area contributed by atoms with E-state index in [0.717, 1.165) is 64.2 Å². The standard InChI is InChI=1S/C38H74N2O5/c1-3-5-7-9-11-13-15-17-22-26-32-37(42)45-34(28-23-19-16-14-12-10-8-6-4-2)29-24-20-18-21-25-31-36(41)40-35(38(43)44)30-27-33-39/h34-35H,3-33,39H2,1-2H3,(H,40,41)(H,43,44). The Morgan fingerprint density at radius 2 is 0.956 bits per heavy atom. The van der Waals surface area contributed by atoms with Crippen LogP contribution in [0.4, 0.5) is 0 Å². The van der Waals surface area contributed by atoms with Gasteiger partial charge in [-0.05, 0) is 57.9 Å². The van der Waals surface area contributed by atoms with Gasteiger partial charge in [-0.1, -0.05) is 142 Å². The number of carbonyl (C=O) groups excluding carboxylic acids is 2. The minimum Gasteiger partial charge on any atom is -0.480 e. The van der Waals surface area contributed by atoms with Crippen molar-refractivity contribution in [2.45, 2.75) is 219 Å². The Morgan fingerprint density at radius 3 is 1.38 bits per heavy atom. The number of carbonyl (C=O) groups is 3. The summed E-state index contributed by atoms with van der Waals surface area (Å²) >= 11 is 0. The van der Waals surface area contributed by atoms with E-state index in [1.807, 2.05) is 0 Å². The van der Waals surface area contributed by atoms with Crippen molar-refractivity contribution in [3.05, 3.63) is 0 Å². The number of ether oxygens (including phenoxy) is 1. The zero-order valence-electron chi connectivity index (χ0n) is 29.7. The van der Waals surface area contributed by atoms with Gasteiger partial charge in [0.25, 0.3) is 0 Å². The van der Waals surface area contributed by atoms with Crippen molar-refractivity contribution in [3.63, 3.8) is 0 Å². The van der Waals surface area contributed by atoms with Crippen LogP contribution in [0.25, 0.3) is 0 Å². The van der Waals surface area contributed by atoms with Crippen LogP contribution in [-0.2, 0) is 19.1 Å². The number of carboxylic acid groups (broad SMARTS) is 1. The highest BCUT2D eigenvalue weighted by atomic mass is 16.5. The molecule has 0 aliphatic heterocycles. The second-order valence-corrected chi connectivity index (χ2v) is 13.4. The van der Waals surface area contributed by atoms with Crippen molar-refractivity contribution in [1.29, 1.82) is 0 Å². The van der Waals surface area contributed by atoms with Crippen LogP contribution in [0.2, 0.25) is 0 Å². The normalized spacial score (nSPS) is 12.6. The summed E-state index contributed by atoms with van der Waals surface area (Å²) in [4.78, 5) is 36.1. The first-order chi connectivity index (χ1) is 21.9. The van der Waals surface area contributed by atoms with E-state index in [9.17, 15) is 19.5 Å². The molecule has 45 heavy (non-hydrogen) atoms. The molecule has 0 aromatic heterocycles. The van der Waals surface area contributed by atoms with Crippen LogP contribution < -0.4 is 11.1 Å². The highest BCUT2D eigenvalue weighted by molar-refractivity contribution is 5.83. The van der Waals surface area contributed by atoms with E-state index in [0.29, 0.717) is 32.2 Å². The van der Waals surface area contributed by atoms with Gasteiger partial charge in [0.05, 0.1) is 0 Å². The molecule has 0 fully saturated rings. The van der Waals surface area contributed by atoms with Gasteiger partial charge in [-0.2, -0.15) is 0 Å². The molecule has 0 aliphatic rings. The lowest BCUT2D eigenvalue weighted by Crippen LogP contribution is -2.40. The molecule has 0 aromatic rings. The number of unbranched alkanes of at least 4 members (excludes halogenated alkanes) is 21. The monoisotopic (exact) mass is 639 g/mol. The predicted octanol–water partition coefficient (Wildman–Crippen LogP) is 10.2. The maximum atomic E-state index is 12.7. The van der Waals surface area contributed by atoms with Gasteiger partial charge in [-0.25, -0.2) is 4.79 Å². The van der Waals surface area contributed by atoms with Crippen molar-refractivity contribution >= 4 is 17.8 Å². The lowest BCUT2D eigenvalue weighted by atomic mass is 10.0. The van der Waals surface area contributed by atoms with Crippen molar-refractivity contribution in [2.75, 3.05) is 6.54 Å². The van der Waals surface area contributed by atoms with E-state index < -0.39 is 12.0 Å². The summed E-state index contributed by atoms with van der Waals surface area (Å²) in [5, 5.41) is 11.9. The molecule has 1 amide bonds. The molecule has 0 heterocycles. The second kappa shape index (κ2) is 33.7. The Bertz CT molecular complexity index is 687. The van der Waals surface area contributed by atoms with Gasteiger partial charge in [-0.15, -0.1) is 0 Å². The number of rotatable bonds is 35. The molecule has 4 N–H and O–H groups in total. The van der Waals surface area contributed by atoms with E-state index in [-0.39, 0.29) is 18.0 Å². The molecule has 0 radical (unpaired) electrons. The Hall–Kier alpha value is -1.63. The summed E-state index contributed by atoms with van der Waals surface area (Å²) in [6, 6.07) is -0.850. The van der Waals surface area contributed by atoms with Crippen molar-refractivity contribution in [2.24, 2.45) is 5.73 Å². The van der Waals surface area contributed by atoms with E-state index in [1.165, 1.54) is 103 Å². The number of esters is 1. The molecule has 0 aromatic carbocycles. The Kier molecular flexibility index (Phi) is 32.5. The molecule has 0 saturated carbocycles. The van der Waals surface area contributed by atoms with Gasteiger partial charge in [0, 0.05) is 12.8 Å². The van der Waals surface area contributed by atoms with E-state index in [1.54, 1.807) is 0 Å². The lowest BCUT2D eigenvalue weighted by molar-refractivity contribution is -0.150. The van der Waals surface area contributed by atoms with Gasteiger partial charge in [-0.3, -0.25) is 9.59 Å². The Morgan fingerprint density at radius 1 is 0.556 bits per heavy atom. The van der Waals surface area contributed by atoms with Gasteiger partial charge in [0.1, 0.15) is 12.1 Å². The number of hydrogen-bond acceptors (Lipinski definition) is 5. The number of aliphatic carboxylic acids is 1. The van der Waals surface area contributed by atoms with Crippen LogP contribution >= 0.6 is 0 Å². The summed E-state index contributed by atoms with van der Waals surface area (Å²) < 4.78 is 6.00. The van der Waals surface area contributed by atoms with Gasteiger partial charge in [0.2, 0.25) is 5.91 Å². The zero-order valence-corrected chi connectivity index (χ0v) is 29.7. The average molecular weight is 639 g/mol. The number of carboxylic acids is 1. The van der Waals surface area contributed by atoms with Crippen molar-refractivity contribution in [1.82, 2.24) is 5.32 Å². The summed E-state index contributed by atoms with van der Waals surface area (Å²) in [5.74, 6) is -1.22. The SMILES string of the molecule is CCCCCCCCCCCCC(=O)OC(CCCCCCCCCCC)CCCCCCCC(=O)NC(CCCN)C(=O)O. The largest absolute Gasteiger partial charge is 0.480 e. The summed E-state index contributed by atoms with van der Waals surface area (Å²) in [5.41, 5.74) is 5.47. The number of nitrogens with two attached hydrogens (primary N) is 1. The van der Waals surface area contributed by atoms with Crippen molar-refractivity contribution < 1.29 is 24.2 Å². The highest BCUT2D eigenvalue weighted by Gasteiger charge is 2.19. The first-order valence-electron chi connectivity index (χ1n) is 19.4. The van der Waals surface area contributed by atoms with Gasteiger partial charge < -0.3 is 20.9 Å². The molecule has 0 spiro atoms. The van der Waals surface area contributed by atoms with Crippen LogP contribution in [0.3, 0.4) is 0 Å². The fourth-order valence-corrected chi connectivity index (χ4v) is 5.98. The topological polar surface area (TPSA) is 119 Å². The first-order valence-corrected chi connectivity index (χ1v) is 19.4. The molecule has 0 rings (SSSR count). The lowest BCUT2D eigenvalue weighted by Gasteiger charge is -2.18. The molecule has 2 unspecified atom stereocenters. The summed E-state index contributed by atoms with van der Waals surface area (Å²) in [7, 11) is 0. The molecule has 0 bridgehead atoms.